The number of primary amides is 1. The largest absolute Gasteiger partial charge is 0.379 e. The first-order chi connectivity index (χ1) is 25.1. The van der Waals surface area contributed by atoms with Crippen molar-refractivity contribution in [3.05, 3.63) is 0 Å². The number of unbranched alkanes of at least 4 members (excludes halogenated alkanes) is 1. The highest BCUT2D eigenvalue weighted by atomic mass is 32.1. The van der Waals surface area contributed by atoms with Crippen LogP contribution in [0, 0.1) is 17.8 Å². The maximum Gasteiger partial charge on any atom is 0.246 e. The normalized spacial score (nSPS) is 24.8. The minimum absolute atomic E-state index is 0.0335. The number of carbonyl (C=O) groups is 8. The summed E-state index contributed by atoms with van der Waals surface area (Å²) in [5.41, 5.74) is 11.0. The van der Waals surface area contributed by atoms with E-state index in [0.717, 1.165) is 0 Å². The van der Waals surface area contributed by atoms with Crippen molar-refractivity contribution >= 4 is 59.6 Å². The minimum atomic E-state index is -1.14. The summed E-state index contributed by atoms with van der Waals surface area (Å²) in [6, 6.07) is -4.19. The molecule has 0 radical (unpaired) electrons. The van der Waals surface area contributed by atoms with Crippen LogP contribution < -0.4 is 38.1 Å². The lowest BCUT2D eigenvalue weighted by Gasteiger charge is -2.27. The second-order valence-electron chi connectivity index (χ2n) is 14.0. The van der Waals surface area contributed by atoms with Crippen LogP contribution in [0.1, 0.15) is 85.5 Å². The van der Waals surface area contributed by atoms with Crippen molar-refractivity contribution in [3.63, 3.8) is 0 Å². The van der Waals surface area contributed by atoms with Crippen molar-refractivity contribution in [1.82, 2.24) is 26.6 Å². The van der Waals surface area contributed by atoms with Crippen LogP contribution in [0.5, 0.6) is 0 Å². The fourth-order valence-corrected chi connectivity index (χ4v) is 5.82. The molecule has 0 spiro atoms. The lowest BCUT2D eigenvalue weighted by atomic mass is 9.90. The number of nitrogens with two attached hydrogens (primary N) is 2. The van der Waals surface area contributed by atoms with E-state index in [-0.39, 0.29) is 75.8 Å². The molecule has 0 aromatic carbocycles. The average Bonchev–Trinajstić information content (AvgIpc) is 3.09. The molecule has 1 rings (SSSR count). The van der Waals surface area contributed by atoms with Crippen LogP contribution in [0.3, 0.4) is 0 Å². The van der Waals surface area contributed by atoms with E-state index in [4.69, 9.17) is 20.9 Å². The van der Waals surface area contributed by atoms with E-state index < -0.39 is 90.4 Å². The van der Waals surface area contributed by atoms with Gasteiger partial charge in [0.1, 0.15) is 18.7 Å². The highest BCUT2D eigenvalue weighted by Crippen LogP contribution is 2.18. The third-order valence-corrected chi connectivity index (χ3v) is 8.83. The zero-order valence-corrected chi connectivity index (χ0v) is 32.4. The summed E-state index contributed by atoms with van der Waals surface area (Å²) in [6.07, 6.45) is 1.38. The van der Waals surface area contributed by atoms with Gasteiger partial charge >= 0.3 is 0 Å². The molecule has 6 amide bonds. The molecular weight excluding hydrogens is 710 g/mol. The fraction of sp³-hybridized carbons (Fsp3) is 0.771. The van der Waals surface area contributed by atoms with Crippen LogP contribution in [-0.2, 0) is 47.8 Å². The first kappa shape index (κ1) is 47.4. The summed E-state index contributed by atoms with van der Waals surface area (Å²) in [4.78, 5) is 104. The summed E-state index contributed by atoms with van der Waals surface area (Å²) in [6.45, 7) is 6.98. The number of nitrogens with one attached hydrogen (secondary N) is 5. The molecule has 1 heterocycles. The first-order valence-electron chi connectivity index (χ1n) is 18.4. The van der Waals surface area contributed by atoms with E-state index in [1.807, 2.05) is 13.8 Å². The Hall–Kier alpha value is -3.61. The van der Waals surface area contributed by atoms with Gasteiger partial charge in [-0.3, -0.25) is 38.4 Å². The lowest BCUT2D eigenvalue weighted by Crippen LogP contribution is -2.57. The van der Waals surface area contributed by atoms with Gasteiger partial charge < -0.3 is 47.5 Å². The van der Waals surface area contributed by atoms with Gasteiger partial charge in [0.2, 0.25) is 35.4 Å². The molecule has 1 aliphatic heterocycles. The summed E-state index contributed by atoms with van der Waals surface area (Å²) < 4.78 is 10.8. The molecular formula is C35H61N7O10S. The Morgan fingerprint density at radius 2 is 1.47 bits per heavy atom. The standard InChI is InChI=1S/C35H61N7O10S/c1-21(2)16-25-34(49)42-32(22(3)4)35(50)38-18-30(46)40-26(20-53)27(43)9-7-13-51-14-15-52-19-31(47)39-24(10-11-29(37)45)28(44)17-23(33(48)41-25)8-5-6-12-36/h21-26,32,53H,5-20,36H2,1-4H3,(H2,37,45)(H,38,50)(H,39,47)(H,40,46)(H,41,48)(H,42,49)/t23-,24+,25+,26+,32+/m1/s1. The Labute approximate surface area is 317 Å². The molecule has 0 aromatic rings. The van der Waals surface area contributed by atoms with Gasteiger partial charge in [0, 0.05) is 37.5 Å². The monoisotopic (exact) mass is 771 g/mol. The Balaban J connectivity index is 3.38. The highest BCUT2D eigenvalue weighted by Gasteiger charge is 2.33. The Morgan fingerprint density at radius 1 is 0.792 bits per heavy atom. The number of Topliss-reactive ketones (excluding diaryl/α,β-unsaturated/α-hetero) is 2. The Kier molecular flexibility index (Phi) is 23.4. The van der Waals surface area contributed by atoms with E-state index in [2.05, 4.69) is 39.2 Å². The summed E-state index contributed by atoms with van der Waals surface area (Å²) in [5, 5.41) is 13.1. The topological polar surface area (TPSA) is 267 Å². The molecule has 53 heavy (non-hydrogen) atoms. The van der Waals surface area contributed by atoms with Crippen molar-refractivity contribution in [1.29, 1.82) is 0 Å². The van der Waals surface area contributed by atoms with Gasteiger partial charge in [-0.25, -0.2) is 0 Å². The van der Waals surface area contributed by atoms with Crippen molar-refractivity contribution in [2.24, 2.45) is 29.2 Å². The van der Waals surface area contributed by atoms with E-state index in [0.29, 0.717) is 25.8 Å². The van der Waals surface area contributed by atoms with Crippen LogP contribution in [-0.4, -0.2) is 116 Å². The predicted octanol–water partition coefficient (Wildman–Crippen LogP) is -0.960. The molecule has 0 bridgehead atoms. The number of hydrogen-bond acceptors (Lipinski definition) is 12. The van der Waals surface area contributed by atoms with Crippen molar-refractivity contribution in [2.75, 3.05) is 45.3 Å². The van der Waals surface area contributed by atoms with Gasteiger partial charge in [-0.1, -0.05) is 34.1 Å². The molecule has 1 saturated heterocycles. The van der Waals surface area contributed by atoms with Gasteiger partial charge in [0.25, 0.3) is 0 Å². The SMILES string of the molecule is CC(C)C[C@@H]1NC(=O)[C@H](CCCCN)CC(=O)[C@H](CCC(N)=O)NC(=O)COCCOCCCC(=O)[C@H](CS)NC(=O)CNC(=O)[C@H](C(C)C)NC1=O. The third kappa shape index (κ3) is 19.9. The number of hydrogen-bond donors (Lipinski definition) is 8. The Morgan fingerprint density at radius 3 is 2.09 bits per heavy atom. The molecule has 5 atom stereocenters. The molecule has 18 heteroatoms. The highest BCUT2D eigenvalue weighted by molar-refractivity contribution is 7.80. The number of ether oxygens (including phenoxy) is 2. The van der Waals surface area contributed by atoms with Crippen LogP contribution in [0.25, 0.3) is 0 Å². The summed E-state index contributed by atoms with van der Waals surface area (Å²) in [5.74, 6) is -5.90. The molecule has 302 valence electrons. The Bertz CT molecular complexity index is 1240. The molecule has 0 saturated carbocycles. The average molecular weight is 772 g/mol. The molecule has 17 nitrogen and oxygen atoms in total. The van der Waals surface area contributed by atoms with E-state index in [1.165, 1.54) is 0 Å². The van der Waals surface area contributed by atoms with Crippen LogP contribution in [0.15, 0.2) is 0 Å². The molecule has 0 aliphatic carbocycles. The second-order valence-corrected chi connectivity index (χ2v) is 14.3. The fourth-order valence-electron chi connectivity index (χ4n) is 5.52. The molecule has 1 fully saturated rings. The van der Waals surface area contributed by atoms with Crippen molar-refractivity contribution in [3.8, 4) is 0 Å². The maximum absolute atomic E-state index is 13.8. The van der Waals surface area contributed by atoms with Crippen molar-refractivity contribution < 1.29 is 47.8 Å². The predicted molar refractivity (Wildman–Crippen MR) is 199 cm³/mol. The zero-order valence-electron chi connectivity index (χ0n) is 31.5. The van der Waals surface area contributed by atoms with E-state index in [1.54, 1.807) is 13.8 Å². The molecule has 1 aliphatic rings. The van der Waals surface area contributed by atoms with Gasteiger partial charge in [-0.15, -0.1) is 0 Å². The van der Waals surface area contributed by atoms with Crippen molar-refractivity contribution in [2.45, 2.75) is 110 Å². The summed E-state index contributed by atoms with van der Waals surface area (Å²) >= 11 is 4.18. The lowest BCUT2D eigenvalue weighted by molar-refractivity contribution is -0.136. The smallest absolute Gasteiger partial charge is 0.246 e. The van der Waals surface area contributed by atoms with Gasteiger partial charge in [0.05, 0.1) is 31.8 Å². The van der Waals surface area contributed by atoms with Crippen LogP contribution in [0.4, 0.5) is 0 Å². The number of ketones is 2. The first-order valence-corrected chi connectivity index (χ1v) is 19.0. The summed E-state index contributed by atoms with van der Waals surface area (Å²) in [7, 11) is 0. The van der Waals surface area contributed by atoms with Crippen LogP contribution in [0.2, 0.25) is 0 Å². The molecule has 9 N–H and O–H groups in total. The van der Waals surface area contributed by atoms with Gasteiger partial charge in [0.15, 0.2) is 11.6 Å². The zero-order chi connectivity index (χ0) is 39.9. The number of thiol groups is 1. The maximum atomic E-state index is 13.8. The van der Waals surface area contributed by atoms with Crippen LogP contribution >= 0.6 is 12.6 Å². The quantitative estimate of drug-likeness (QED) is 0.0937. The van der Waals surface area contributed by atoms with Gasteiger partial charge in [-0.05, 0) is 50.5 Å². The molecule has 0 aromatic heterocycles. The van der Waals surface area contributed by atoms with E-state index in [9.17, 15) is 38.4 Å². The van der Waals surface area contributed by atoms with E-state index >= 15 is 0 Å². The number of rotatable bonds is 11. The number of carbonyl (C=O) groups excluding carboxylic acids is 8. The third-order valence-electron chi connectivity index (χ3n) is 8.46. The van der Waals surface area contributed by atoms with Gasteiger partial charge in [-0.2, -0.15) is 12.6 Å². The number of amides is 6. The second kappa shape index (κ2) is 26.2. The minimum Gasteiger partial charge on any atom is -0.379 e. The molecule has 0 unspecified atom stereocenters.